The number of esters is 2. The summed E-state index contributed by atoms with van der Waals surface area (Å²) in [5.74, 6) is -1.01. The van der Waals surface area contributed by atoms with E-state index in [4.69, 9.17) is 9.47 Å². The van der Waals surface area contributed by atoms with Crippen LogP contribution in [0.2, 0.25) is 0 Å². The molecule has 0 aliphatic carbocycles. The third-order valence-corrected chi connectivity index (χ3v) is 2.24. The highest BCUT2D eigenvalue weighted by molar-refractivity contribution is 8.00. The van der Waals surface area contributed by atoms with Gasteiger partial charge in [-0.15, -0.1) is 0 Å². The SMILES string of the molecule is C=CC(=O)OC(C)SC(C)OC(=O)C=C. The second kappa shape index (κ2) is 7.11. The molecule has 4 nitrogen and oxygen atoms in total. The van der Waals surface area contributed by atoms with Gasteiger partial charge in [-0.3, -0.25) is 0 Å². The maximum absolute atomic E-state index is 10.8. The van der Waals surface area contributed by atoms with Gasteiger partial charge < -0.3 is 9.47 Å². The highest BCUT2D eigenvalue weighted by Gasteiger charge is 2.14. The molecule has 15 heavy (non-hydrogen) atoms. The van der Waals surface area contributed by atoms with Crippen molar-refractivity contribution in [2.75, 3.05) is 0 Å². The molecule has 0 aromatic carbocycles. The fourth-order valence-corrected chi connectivity index (χ4v) is 1.59. The second-order valence-corrected chi connectivity index (χ2v) is 4.15. The molecule has 0 aromatic heterocycles. The summed E-state index contributed by atoms with van der Waals surface area (Å²) >= 11 is 1.21. The molecule has 0 aromatic rings. The van der Waals surface area contributed by atoms with Crippen LogP contribution in [0.25, 0.3) is 0 Å². The van der Waals surface area contributed by atoms with Crippen LogP contribution in [0.15, 0.2) is 25.3 Å². The highest BCUT2D eigenvalue weighted by atomic mass is 32.2. The number of ether oxygens (including phenoxy) is 2. The van der Waals surface area contributed by atoms with E-state index in [0.717, 1.165) is 12.2 Å². The van der Waals surface area contributed by atoms with Crippen LogP contribution in [-0.2, 0) is 19.1 Å². The van der Waals surface area contributed by atoms with Crippen molar-refractivity contribution >= 4 is 23.7 Å². The molecule has 0 spiro atoms. The lowest BCUT2D eigenvalue weighted by atomic mass is 10.6. The summed E-state index contributed by atoms with van der Waals surface area (Å²) in [6.07, 6.45) is 2.16. The zero-order chi connectivity index (χ0) is 11.8. The van der Waals surface area contributed by atoms with Gasteiger partial charge in [0, 0.05) is 12.2 Å². The maximum Gasteiger partial charge on any atom is 0.331 e. The van der Waals surface area contributed by atoms with Gasteiger partial charge in [-0.1, -0.05) is 24.9 Å². The van der Waals surface area contributed by atoms with Crippen LogP contribution in [0.1, 0.15) is 13.8 Å². The van der Waals surface area contributed by atoms with Crippen LogP contribution in [-0.4, -0.2) is 22.8 Å². The summed E-state index contributed by atoms with van der Waals surface area (Å²) in [6, 6.07) is 0. The lowest BCUT2D eigenvalue weighted by Crippen LogP contribution is -2.16. The van der Waals surface area contributed by atoms with Gasteiger partial charge in [0.25, 0.3) is 0 Å². The molecule has 0 aliphatic heterocycles. The molecule has 0 N–H and O–H groups in total. The summed E-state index contributed by atoms with van der Waals surface area (Å²) in [7, 11) is 0. The third kappa shape index (κ3) is 6.79. The molecule has 5 heteroatoms. The van der Waals surface area contributed by atoms with Gasteiger partial charge in [-0.25, -0.2) is 9.59 Å². The van der Waals surface area contributed by atoms with Crippen LogP contribution in [0.3, 0.4) is 0 Å². The molecule has 0 aliphatic rings. The lowest BCUT2D eigenvalue weighted by molar-refractivity contribution is -0.138. The smallest absolute Gasteiger partial charge is 0.331 e. The van der Waals surface area contributed by atoms with Gasteiger partial charge in [0.2, 0.25) is 0 Å². The van der Waals surface area contributed by atoms with Crippen molar-refractivity contribution in [1.29, 1.82) is 0 Å². The second-order valence-electron chi connectivity index (χ2n) is 2.55. The van der Waals surface area contributed by atoms with Crippen LogP contribution in [0, 0.1) is 0 Å². The number of rotatable bonds is 6. The standard InChI is InChI=1S/C10H14O4S/c1-5-9(11)13-7(3)15-8(4)14-10(12)6-2/h5-8H,1-2H2,3-4H3. The van der Waals surface area contributed by atoms with Crippen LogP contribution in [0.5, 0.6) is 0 Å². The maximum atomic E-state index is 10.8. The molecule has 84 valence electrons. The first-order chi connectivity index (χ1) is 6.99. The molecule has 0 bridgehead atoms. The monoisotopic (exact) mass is 230 g/mol. The summed E-state index contributed by atoms with van der Waals surface area (Å²) in [5, 5.41) is 0. The molecule has 0 heterocycles. The topological polar surface area (TPSA) is 52.6 Å². The Labute approximate surface area is 93.3 Å². The fourth-order valence-electron chi connectivity index (χ4n) is 0.749. The van der Waals surface area contributed by atoms with E-state index in [-0.39, 0.29) is 0 Å². The Hall–Kier alpha value is -1.23. The molecule has 2 atom stereocenters. The zero-order valence-corrected chi connectivity index (χ0v) is 9.58. The first-order valence-electron chi connectivity index (χ1n) is 4.31. The normalized spacial score (nSPS) is 13.5. The Kier molecular flexibility index (Phi) is 6.53. The largest absolute Gasteiger partial charge is 0.448 e. The molecular formula is C10H14O4S. The van der Waals surface area contributed by atoms with Crippen molar-refractivity contribution < 1.29 is 19.1 Å². The predicted molar refractivity (Wildman–Crippen MR) is 59.1 cm³/mol. The summed E-state index contributed by atoms with van der Waals surface area (Å²) in [6.45, 7) is 9.91. The number of hydrogen-bond donors (Lipinski definition) is 0. The summed E-state index contributed by atoms with van der Waals surface area (Å²) in [4.78, 5) is 21.6. The van der Waals surface area contributed by atoms with Gasteiger partial charge >= 0.3 is 11.9 Å². The van der Waals surface area contributed by atoms with E-state index in [1.54, 1.807) is 13.8 Å². The first-order valence-corrected chi connectivity index (χ1v) is 5.25. The number of thioether (sulfide) groups is 1. The minimum absolute atomic E-state index is 0.400. The van der Waals surface area contributed by atoms with Crippen LogP contribution >= 0.6 is 11.8 Å². The van der Waals surface area contributed by atoms with Gasteiger partial charge in [-0.05, 0) is 13.8 Å². The molecule has 0 saturated carbocycles. The fraction of sp³-hybridized carbons (Fsp3) is 0.400. The number of carbonyl (C=O) groups is 2. The highest BCUT2D eigenvalue weighted by Crippen LogP contribution is 2.19. The number of hydrogen-bond acceptors (Lipinski definition) is 5. The van der Waals surface area contributed by atoms with Crippen LogP contribution < -0.4 is 0 Å². The van der Waals surface area contributed by atoms with Gasteiger partial charge in [0.1, 0.15) is 10.9 Å². The third-order valence-electron chi connectivity index (χ3n) is 1.28. The average Bonchev–Trinajstić information content (AvgIpc) is 2.16. The van der Waals surface area contributed by atoms with E-state index in [1.807, 2.05) is 0 Å². The van der Waals surface area contributed by atoms with E-state index in [2.05, 4.69) is 13.2 Å². The zero-order valence-electron chi connectivity index (χ0n) is 8.76. The van der Waals surface area contributed by atoms with E-state index in [1.165, 1.54) is 11.8 Å². The van der Waals surface area contributed by atoms with Crippen LogP contribution in [0.4, 0.5) is 0 Å². The van der Waals surface area contributed by atoms with E-state index in [9.17, 15) is 9.59 Å². The molecule has 0 saturated heterocycles. The van der Waals surface area contributed by atoms with Crippen molar-refractivity contribution in [3.05, 3.63) is 25.3 Å². The van der Waals surface area contributed by atoms with Crippen molar-refractivity contribution in [3.63, 3.8) is 0 Å². The van der Waals surface area contributed by atoms with Crippen molar-refractivity contribution in [2.45, 2.75) is 24.7 Å². The molecule has 0 fully saturated rings. The predicted octanol–water partition coefficient (Wildman–Crippen LogP) is 1.87. The van der Waals surface area contributed by atoms with Crippen molar-refractivity contribution in [2.24, 2.45) is 0 Å². The van der Waals surface area contributed by atoms with E-state index in [0.29, 0.717) is 0 Å². The van der Waals surface area contributed by atoms with Gasteiger partial charge in [-0.2, -0.15) is 0 Å². The molecular weight excluding hydrogens is 216 g/mol. The minimum Gasteiger partial charge on any atom is -0.448 e. The first kappa shape index (κ1) is 13.8. The Bertz CT molecular complexity index is 236. The molecule has 0 radical (unpaired) electrons. The Morgan fingerprint density at radius 2 is 1.40 bits per heavy atom. The van der Waals surface area contributed by atoms with Crippen molar-refractivity contribution in [3.8, 4) is 0 Å². The Morgan fingerprint density at radius 1 is 1.07 bits per heavy atom. The van der Waals surface area contributed by atoms with Gasteiger partial charge in [0.15, 0.2) is 0 Å². The molecule has 2 unspecified atom stereocenters. The van der Waals surface area contributed by atoms with Gasteiger partial charge in [0.05, 0.1) is 0 Å². The Balaban J connectivity index is 3.89. The van der Waals surface area contributed by atoms with E-state index >= 15 is 0 Å². The van der Waals surface area contributed by atoms with E-state index < -0.39 is 22.8 Å². The number of carbonyl (C=O) groups excluding carboxylic acids is 2. The summed E-state index contributed by atoms with van der Waals surface area (Å²) in [5.41, 5.74) is -0.800. The molecule has 0 rings (SSSR count). The minimum atomic E-state index is -0.503. The Morgan fingerprint density at radius 3 is 1.67 bits per heavy atom. The quantitative estimate of drug-likeness (QED) is 0.396. The average molecular weight is 230 g/mol. The van der Waals surface area contributed by atoms with Crippen molar-refractivity contribution in [1.82, 2.24) is 0 Å². The summed E-state index contributed by atoms with van der Waals surface area (Å²) < 4.78 is 9.75. The lowest BCUT2D eigenvalue weighted by Gasteiger charge is -2.16. The molecule has 0 amide bonds.